The smallest absolute Gasteiger partial charge is 0.328 e. The maximum Gasteiger partial charge on any atom is 0.328 e. The minimum atomic E-state index is -0.578. The molecule has 2 aromatic heterocycles. The molecule has 0 bridgehead atoms. The molecule has 6 heterocycles. The first-order valence-electron chi connectivity index (χ1n) is 20.3. The lowest BCUT2D eigenvalue weighted by atomic mass is 9.95. The van der Waals surface area contributed by atoms with E-state index in [0.717, 1.165) is 82.0 Å². The van der Waals surface area contributed by atoms with Gasteiger partial charge >= 0.3 is 6.03 Å². The van der Waals surface area contributed by atoms with Crippen LogP contribution in [-0.4, -0.2) is 95.8 Å². The first-order valence-corrected chi connectivity index (χ1v) is 20.3. The Balaban J connectivity index is 0.780. The molecule has 15 nitrogen and oxygen atoms in total. The molecule has 3 aromatic carbocycles. The first kappa shape index (κ1) is 37.8. The lowest BCUT2D eigenvalue weighted by Crippen LogP contribution is -2.49. The van der Waals surface area contributed by atoms with E-state index in [0.29, 0.717) is 59.4 Å². The molecular weight excluding hydrogens is 747 g/mol. The fourth-order valence-corrected chi connectivity index (χ4v) is 8.63. The molecule has 9 rings (SSSR count). The van der Waals surface area contributed by atoms with Crippen LogP contribution in [0.4, 0.5) is 39.2 Å². The highest BCUT2D eigenvalue weighted by Crippen LogP contribution is 2.36. The van der Waals surface area contributed by atoms with Gasteiger partial charge in [-0.15, -0.1) is 0 Å². The van der Waals surface area contributed by atoms with Crippen LogP contribution < -0.4 is 36.4 Å². The Kier molecular flexibility index (Phi) is 10.4. The number of piperidine rings is 1. The number of primary amides is 1. The number of pyridine rings is 1. The van der Waals surface area contributed by atoms with Crippen LogP contribution in [0.2, 0.25) is 0 Å². The summed E-state index contributed by atoms with van der Waals surface area (Å²) in [4.78, 5) is 62.7. The standard InChI is InChI=1S/C44H47N11O4/c45-41(57)39-40(30-4-6-31(7-5-30)43(58)48-37-3-1-2-18-46-37)50-55-22-16-32-27-35(12-13-36(32)47-42(39)55)53-25-23-51(24-26-53)28-29-14-19-52(20-15-29)33-8-10-34(11-9-33)54-21-17-38(56)49-44(54)59/h1-13,18,27,29,47H,14-17,19-26,28H2,(H2,45,57)(H,46,48,58)(H,49,56,59). The Labute approximate surface area is 342 Å². The predicted octanol–water partition coefficient (Wildman–Crippen LogP) is 5.08. The number of amides is 5. The highest BCUT2D eigenvalue weighted by atomic mass is 16.2. The van der Waals surface area contributed by atoms with Crippen molar-refractivity contribution in [2.45, 2.75) is 32.2 Å². The van der Waals surface area contributed by atoms with Gasteiger partial charge < -0.3 is 26.2 Å². The number of hydrogen-bond donors (Lipinski definition) is 4. The van der Waals surface area contributed by atoms with Crippen molar-refractivity contribution in [3.63, 3.8) is 0 Å². The number of imide groups is 1. The minimum absolute atomic E-state index is 0.224. The average molecular weight is 794 g/mol. The van der Waals surface area contributed by atoms with E-state index in [2.05, 4.69) is 66.0 Å². The third kappa shape index (κ3) is 8.06. The van der Waals surface area contributed by atoms with Crippen molar-refractivity contribution in [3.05, 3.63) is 108 Å². The third-order valence-corrected chi connectivity index (χ3v) is 11.9. The fraction of sp³-hybridized carbons (Fsp3) is 0.318. The second-order valence-electron chi connectivity index (χ2n) is 15.6. The van der Waals surface area contributed by atoms with Crippen LogP contribution in [0, 0.1) is 5.92 Å². The van der Waals surface area contributed by atoms with Crippen LogP contribution in [0.25, 0.3) is 11.3 Å². The Hall–Kier alpha value is -6.74. The molecule has 0 aliphatic carbocycles. The second kappa shape index (κ2) is 16.3. The van der Waals surface area contributed by atoms with Crippen molar-refractivity contribution in [1.82, 2.24) is 25.0 Å². The summed E-state index contributed by atoms with van der Waals surface area (Å²) in [7, 11) is 0. The Morgan fingerprint density at radius 1 is 0.763 bits per heavy atom. The van der Waals surface area contributed by atoms with Crippen molar-refractivity contribution in [3.8, 4) is 11.3 Å². The van der Waals surface area contributed by atoms with Crippen LogP contribution >= 0.6 is 0 Å². The number of piperazine rings is 1. The topological polar surface area (TPSA) is 174 Å². The number of carbonyl (C=O) groups is 4. The largest absolute Gasteiger partial charge is 0.372 e. The summed E-state index contributed by atoms with van der Waals surface area (Å²) < 4.78 is 1.82. The van der Waals surface area contributed by atoms with Gasteiger partial charge in [-0.3, -0.25) is 29.5 Å². The number of fused-ring (bicyclic) bond motifs is 2. The molecule has 5 N–H and O–H groups in total. The Bertz CT molecular complexity index is 2370. The normalized spacial score (nSPS) is 17.4. The molecule has 0 spiro atoms. The number of carbonyl (C=O) groups excluding carboxylic acids is 4. The lowest BCUT2D eigenvalue weighted by molar-refractivity contribution is -0.120. The summed E-state index contributed by atoms with van der Waals surface area (Å²) in [5.41, 5.74) is 13.2. The Morgan fingerprint density at radius 3 is 2.20 bits per heavy atom. The summed E-state index contributed by atoms with van der Waals surface area (Å²) in [5, 5.41) is 13.5. The number of anilines is 6. The van der Waals surface area contributed by atoms with Gasteiger partial charge in [-0.1, -0.05) is 18.2 Å². The van der Waals surface area contributed by atoms with Gasteiger partial charge in [0.25, 0.3) is 11.8 Å². The van der Waals surface area contributed by atoms with Crippen molar-refractivity contribution >= 4 is 58.1 Å². The first-order chi connectivity index (χ1) is 28.8. The lowest BCUT2D eigenvalue weighted by Gasteiger charge is -2.40. The predicted molar refractivity (Wildman–Crippen MR) is 227 cm³/mol. The van der Waals surface area contributed by atoms with Gasteiger partial charge in [0.15, 0.2) is 0 Å². The summed E-state index contributed by atoms with van der Waals surface area (Å²) >= 11 is 0. The highest BCUT2D eigenvalue weighted by molar-refractivity contribution is 6.07. The SMILES string of the molecule is NC(=O)c1c(-c2ccc(C(=O)Nc3ccccn3)cc2)nn2c1Nc1ccc(N3CCN(CC4CCN(c5ccc(N6CCC(=O)NC6=O)cc5)CC4)CC3)cc1CC2. The van der Waals surface area contributed by atoms with E-state index in [9.17, 15) is 19.2 Å². The van der Waals surface area contributed by atoms with Gasteiger partial charge in [0.05, 0.1) is 0 Å². The maximum atomic E-state index is 12.9. The minimum Gasteiger partial charge on any atom is -0.372 e. The third-order valence-electron chi connectivity index (χ3n) is 11.9. The molecule has 302 valence electrons. The number of nitrogens with one attached hydrogen (secondary N) is 3. The van der Waals surface area contributed by atoms with Crippen LogP contribution in [0.1, 0.15) is 45.5 Å². The molecule has 15 heteroatoms. The zero-order chi connectivity index (χ0) is 40.5. The van der Waals surface area contributed by atoms with Crippen molar-refractivity contribution < 1.29 is 19.2 Å². The Morgan fingerprint density at radius 2 is 1.49 bits per heavy atom. The molecule has 0 radical (unpaired) electrons. The van der Waals surface area contributed by atoms with Crippen LogP contribution in [0.5, 0.6) is 0 Å². The summed E-state index contributed by atoms with van der Waals surface area (Å²) in [5.74, 6) is 0.601. The number of nitrogens with two attached hydrogens (primary N) is 1. The van der Waals surface area contributed by atoms with Crippen molar-refractivity contribution in [1.29, 1.82) is 0 Å². The number of hydrogen-bond acceptors (Lipinski definition) is 10. The zero-order valence-electron chi connectivity index (χ0n) is 32.8. The number of benzene rings is 3. The van der Waals surface area contributed by atoms with E-state index in [-0.39, 0.29) is 17.8 Å². The van der Waals surface area contributed by atoms with E-state index in [1.807, 2.05) is 16.8 Å². The van der Waals surface area contributed by atoms with Crippen molar-refractivity contribution in [2.24, 2.45) is 11.7 Å². The maximum absolute atomic E-state index is 12.9. The number of aromatic nitrogens is 3. The van der Waals surface area contributed by atoms with Crippen LogP contribution in [-0.2, 0) is 17.8 Å². The average Bonchev–Trinajstić information content (AvgIpc) is 3.52. The van der Waals surface area contributed by atoms with Gasteiger partial charge in [-0.25, -0.2) is 14.5 Å². The number of nitrogens with zero attached hydrogens (tertiary/aromatic N) is 7. The molecule has 5 amide bonds. The summed E-state index contributed by atoms with van der Waals surface area (Å²) in [6.45, 7) is 8.05. The van der Waals surface area contributed by atoms with E-state index >= 15 is 0 Å². The molecule has 0 unspecified atom stereocenters. The van der Waals surface area contributed by atoms with E-state index < -0.39 is 5.91 Å². The molecule has 4 aliphatic rings. The quantitative estimate of drug-likeness (QED) is 0.158. The van der Waals surface area contributed by atoms with Gasteiger partial charge in [0.2, 0.25) is 5.91 Å². The van der Waals surface area contributed by atoms with E-state index in [1.165, 1.54) is 11.4 Å². The van der Waals surface area contributed by atoms with Crippen LogP contribution in [0.3, 0.4) is 0 Å². The number of aryl methyl sites for hydroxylation is 2. The summed E-state index contributed by atoms with van der Waals surface area (Å²) in [6, 6.07) is 26.5. The molecule has 5 aromatic rings. The molecule has 4 aliphatic heterocycles. The van der Waals surface area contributed by atoms with E-state index in [4.69, 9.17) is 10.8 Å². The molecular formula is C44H47N11O4. The van der Waals surface area contributed by atoms with Crippen LogP contribution in [0.15, 0.2) is 91.1 Å². The second-order valence-corrected chi connectivity index (χ2v) is 15.6. The molecule has 3 saturated heterocycles. The molecule has 3 fully saturated rings. The van der Waals surface area contributed by atoms with Gasteiger partial charge in [0, 0.05) is 105 Å². The zero-order valence-corrected chi connectivity index (χ0v) is 32.8. The molecule has 0 atom stereocenters. The van der Waals surface area contributed by atoms with Crippen molar-refractivity contribution in [2.75, 3.05) is 77.7 Å². The monoisotopic (exact) mass is 793 g/mol. The van der Waals surface area contributed by atoms with Gasteiger partial charge in [-0.2, -0.15) is 5.10 Å². The fourth-order valence-electron chi connectivity index (χ4n) is 8.63. The molecule has 59 heavy (non-hydrogen) atoms. The highest BCUT2D eigenvalue weighted by Gasteiger charge is 2.29. The van der Waals surface area contributed by atoms with Gasteiger partial charge in [-0.05, 0) is 97.5 Å². The number of rotatable bonds is 9. The van der Waals surface area contributed by atoms with Gasteiger partial charge in [0.1, 0.15) is 22.9 Å². The summed E-state index contributed by atoms with van der Waals surface area (Å²) in [6.07, 6.45) is 4.95. The molecule has 0 saturated carbocycles. The number of urea groups is 1. The van der Waals surface area contributed by atoms with E-state index in [1.54, 1.807) is 53.6 Å².